The molecule has 1 saturated carbocycles. The number of nitriles is 1. The van der Waals surface area contributed by atoms with E-state index in [1.54, 1.807) is 27.0 Å². The van der Waals surface area contributed by atoms with Crippen LogP contribution in [0.15, 0.2) is 18.2 Å². The van der Waals surface area contributed by atoms with E-state index in [1.165, 1.54) is 19.1 Å². The average molecular weight is 389 g/mol. The standard InChI is InChI=1S/C21H27NO6/c1-21(2,20(25)28-13-22)11-16(7-9-19(23)24)15-6-8-17(26-3)18(10-15)27-12-14-4-5-14/h6,8,10,14,16H,4-5,7,9,11-12H2,1-3H3,(H,23,24). The van der Waals surface area contributed by atoms with Crippen LogP contribution in [0.2, 0.25) is 0 Å². The number of hydrogen-bond donors (Lipinski definition) is 1. The normalized spacial score (nSPS) is 14.6. The molecule has 2 rings (SSSR count). The molecule has 1 atom stereocenters. The summed E-state index contributed by atoms with van der Waals surface area (Å²) in [6, 6.07) is 5.52. The van der Waals surface area contributed by atoms with Gasteiger partial charge >= 0.3 is 11.9 Å². The molecule has 7 heteroatoms. The Bertz CT molecular complexity index is 748. The third-order valence-electron chi connectivity index (χ3n) is 4.98. The summed E-state index contributed by atoms with van der Waals surface area (Å²) in [6.07, 6.45) is 4.41. The summed E-state index contributed by atoms with van der Waals surface area (Å²) in [5.74, 6) is 0.0618. The molecule has 1 aliphatic carbocycles. The quantitative estimate of drug-likeness (QED) is 0.452. The molecule has 0 amide bonds. The van der Waals surface area contributed by atoms with Crippen LogP contribution in [-0.2, 0) is 14.3 Å². The molecule has 0 heterocycles. The molecule has 0 bridgehead atoms. The molecule has 1 N–H and O–H groups in total. The van der Waals surface area contributed by atoms with Crippen molar-refractivity contribution in [1.82, 2.24) is 0 Å². The van der Waals surface area contributed by atoms with Crippen molar-refractivity contribution in [3.05, 3.63) is 23.8 Å². The second-order valence-corrected chi connectivity index (χ2v) is 7.86. The fraction of sp³-hybridized carbons (Fsp3) is 0.571. The highest BCUT2D eigenvalue weighted by Gasteiger charge is 2.34. The lowest BCUT2D eigenvalue weighted by molar-refractivity contribution is -0.147. The van der Waals surface area contributed by atoms with Gasteiger partial charge in [-0.05, 0) is 69.1 Å². The van der Waals surface area contributed by atoms with Gasteiger partial charge < -0.3 is 19.3 Å². The van der Waals surface area contributed by atoms with Crippen molar-refractivity contribution in [3.63, 3.8) is 0 Å². The van der Waals surface area contributed by atoms with Crippen LogP contribution in [0.5, 0.6) is 11.5 Å². The van der Waals surface area contributed by atoms with Crippen LogP contribution in [-0.4, -0.2) is 30.8 Å². The Morgan fingerprint density at radius 2 is 2.04 bits per heavy atom. The SMILES string of the molecule is COc1ccc(C(CCC(=O)O)CC(C)(C)C(=O)OC#N)cc1OCC1CC1. The summed E-state index contributed by atoms with van der Waals surface area (Å²) >= 11 is 0. The third-order valence-corrected chi connectivity index (χ3v) is 4.98. The second-order valence-electron chi connectivity index (χ2n) is 7.86. The molecule has 1 aliphatic rings. The molecule has 1 aromatic carbocycles. The summed E-state index contributed by atoms with van der Waals surface area (Å²) in [6.45, 7) is 4.00. The van der Waals surface area contributed by atoms with Crippen LogP contribution in [0.25, 0.3) is 0 Å². The molecule has 1 unspecified atom stereocenters. The van der Waals surface area contributed by atoms with Gasteiger partial charge in [-0.25, -0.2) is 0 Å². The van der Waals surface area contributed by atoms with E-state index in [-0.39, 0.29) is 12.3 Å². The number of carbonyl (C=O) groups excluding carboxylic acids is 1. The van der Waals surface area contributed by atoms with E-state index in [0.29, 0.717) is 36.9 Å². The van der Waals surface area contributed by atoms with Crippen molar-refractivity contribution in [2.45, 2.75) is 51.9 Å². The van der Waals surface area contributed by atoms with Gasteiger partial charge in [-0.2, -0.15) is 0 Å². The van der Waals surface area contributed by atoms with Crippen molar-refractivity contribution in [2.24, 2.45) is 11.3 Å². The monoisotopic (exact) mass is 389 g/mol. The van der Waals surface area contributed by atoms with E-state index in [9.17, 15) is 9.59 Å². The number of nitrogens with zero attached hydrogens (tertiary/aromatic N) is 1. The maximum absolute atomic E-state index is 12.1. The highest BCUT2D eigenvalue weighted by atomic mass is 16.5. The molecule has 0 aromatic heterocycles. The lowest BCUT2D eigenvalue weighted by Gasteiger charge is -2.27. The van der Waals surface area contributed by atoms with Crippen molar-refractivity contribution >= 4 is 11.9 Å². The first-order chi connectivity index (χ1) is 13.3. The minimum Gasteiger partial charge on any atom is -0.493 e. The van der Waals surface area contributed by atoms with E-state index < -0.39 is 17.4 Å². The first-order valence-electron chi connectivity index (χ1n) is 9.39. The average Bonchev–Trinajstić information content (AvgIpc) is 3.47. The Kier molecular flexibility index (Phi) is 7.27. The fourth-order valence-corrected chi connectivity index (χ4v) is 3.12. The maximum atomic E-state index is 12.1. The molecule has 1 aromatic rings. The van der Waals surface area contributed by atoms with Gasteiger partial charge in [-0.3, -0.25) is 9.59 Å². The first-order valence-corrected chi connectivity index (χ1v) is 9.39. The first kappa shape index (κ1) is 21.5. The Morgan fingerprint density at radius 3 is 2.61 bits per heavy atom. The van der Waals surface area contributed by atoms with E-state index >= 15 is 0 Å². The van der Waals surface area contributed by atoms with Gasteiger partial charge in [0, 0.05) is 6.42 Å². The number of carbonyl (C=O) groups is 2. The van der Waals surface area contributed by atoms with E-state index in [2.05, 4.69) is 4.74 Å². The van der Waals surface area contributed by atoms with Crippen LogP contribution < -0.4 is 9.47 Å². The molecule has 28 heavy (non-hydrogen) atoms. The summed E-state index contributed by atoms with van der Waals surface area (Å²) in [5, 5.41) is 17.7. The largest absolute Gasteiger partial charge is 0.493 e. The molecule has 7 nitrogen and oxygen atoms in total. The number of ether oxygens (including phenoxy) is 3. The highest BCUT2D eigenvalue weighted by molar-refractivity contribution is 5.76. The Morgan fingerprint density at radius 1 is 1.32 bits per heavy atom. The van der Waals surface area contributed by atoms with Crippen LogP contribution >= 0.6 is 0 Å². The number of carboxylic acids is 1. The Balaban J connectivity index is 2.25. The topological polar surface area (TPSA) is 106 Å². The van der Waals surface area contributed by atoms with Crippen molar-refractivity contribution in [2.75, 3.05) is 13.7 Å². The van der Waals surface area contributed by atoms with Gasteiger partial charge in [0.25, 0.3) is 6.26 Å². The lowest BCUT2D eigenvalue weighted by atomic mass is 9.78. The van der Waals surface area contributed by atoms with Gasteiger partial charge in [-0.1, -0.05) is 6.07 Å². The van der Waals surface area contributed by atoms with Crippen LogP contribution in [0.3, 0.4) is 0 Å². The number of esters is 1. The minimum absolute atomic E-state index is 0.0294. The van der Waals surface area contributed by atoms with Crippen molar-refractivity contribution in [3.8, 4) is 17.8 Å². The summed E-state index contributed by atoms with van der Waals surface area (Å²) < 4.78 is 15.8. The predicted molar refractivity (Wildman–Crippen MR) is 101 cm³/mol. The van der Waals surface area contributed by atoms with Crippen molar-refractivity contribution < 1.29 is 28.9 Å². The third kappa shape index (κ3) is 6.15. The lowest BCUT2D eigenvalue weighted by Crippen LogP contribution is -2.28. The molecule has 0 aliphatic heterocycles. The van der Waals surface area contributed by atoms with E-state index in [0.717, 1.165) is 5.56 Å². The molecular formula is C21H27NO6. The number of rotatable bonds is 11. The van der Waals surface area contributed by atoms with Gasteiger partial charge in [0.2, 0.25) is 0 Å². The Labute approximate surface area is 165 Å². The van der Waals surface area contributed by atoms with E-state index in [1.807, 2.05) is 12.1 Å². The smallest absolute Gasteiger partial charge is 0.327 e. The number of hydrogen-bond acceptors (Lipinski definition) is 6. The molecule has 0 radical (unpaired) electrons. The van der Waals surface area contributed by atoms with Gasteiger partial charge in [0.15, 0.2) is 11.5 Å². The van der Waals surface area contributed by atoms with Crippen LogP contribution in [0, 0.1) is 22.9 Å². The minimum atomic E-state index is -0.937. The van der Waals surface area contributed by atoms with Gasteiger partial charge in [0.05, 0.1) is 19.1 Å². The number of carboxylic acid groups (broad SMARTS) is 1. The van der Waals surface area contributed by atoms with Gasteiger partial charge in [0.1, 0.15) is 0 Å². The maximum Gasteiger partial charge on any atom is 0.327 e. The predicted octanol–water partition coefficient (Wildman–Crippen LogP) is 3.87. The summed E-state index contributed by atoms with van der Waals surface area (Å²) in [4.78, 5) is 23.2. The zero-order valence-corrected chi connectivity index (χ0v) is 16.6. The molecule has 0 spiro atoms. The zero-order valence-electron chi connectivity index (χ0n) is 16.6. The summed E-state index contributed by atoms with van der Waals surface area (Å²) in [7, 11) is 1.57. The molecule has 1 fully saturated rings. The molecule has 152 valence electrons. The zero-order chi connectivity index (χ0) is 20.7. The number of methoxy groups -OCH3 is 1. The van der Waals surface area contributed by atoms with Crippen molar-refractivity contribution in [1.29, 1.82) is 5.26 Å². The molecule has 0 saturated heterocycles. The number of benzene rings is 1. The highest BCUT2D eigenvalue weighted by Crippen LogP contribution is 2.40. The van der Waals surface area contributed by atoms with E-state index in [4.69, 9.17) is 19.8 Å². The second kappa shape index (κ2) is 9.45. The van der Waals surface area contributed by atoms with Gasteiger partial charge in [-0.15, -0.1) is 5.26 Å². The fourth-order valence-electron chi connectivity index (χ4n) is 3.12. The number of aliphatic carboxylic acids is 1. The summed E-state index contributed by atoms with van der Waals surface area (Å²) in [5.41, 5.74) is -0.0703. The van der Waals surface area contributed by atoms with Crippen LogP contribution in [0.1, 0.15) is 57.4 Å². The molecular weight excluding hydrogens is 362 g/mol. The van der Waals surface area contributed by atoms with Crippen LogP contribution in [0.4, 0.5) is 0 Å². The Hall–Kier alpha value is -2.75.